The first-order valence-electron chi connectivity index (χ1n) is 8.65. The topological polar surface area (TPSA) is 87.7 Å². The highest BCUT2D eigenvalue weighted by atomic mass is 35.5. The third-order valence-electron chi connectivity index (χ3n) is 5.24. The molecule has 1 aliphatic heterocycles. The number of nitrogens with zero attached hydrogens (tertiary/aromatic N) is 1. The molecule has 0 aromatic heterocycles. The summed E-state index contributed by atoms with van der Waals surface area (Å²) in [5, 5.41) is 5.84. The average Bonchev–Trinajstić information content (AvgIpc) is 2.83. The van der Waals surface area contributed by atoms with Gasteiger partial charge in [-0.15, -0.1) is 0 Å². The minimum Gasteiger partial charge on any atom is -0.495 e. The van der Waals surface area contributed by atoms with Gasteiger partial charge in [-0.2, -0.15) is 0 Å². The lowest BCUT2D eigenvalue weighted by Crippen LogP contribution is -2.54. The van der Waals surface area contributed by atoms with E-state index in [4.69, 9.17) is 16.3 Å². The van der Waals surface area contributed by atoms with Gasteiger partial charge in [0.1, 0.15) is 17.8 Å². The molecule has 1 aromatic rings. The van der Waals surface area contributed by atoms with Crippen molar-refractivity contribution in [2.45, 2.75) is 38.1 Å². The lowest BCUT2D eigenvalue weighted by Gasteiger charge is -2.36. The Labute approximate surface area is 157 Å². The number of imide groups is 1. The molecule has 1 heterocycles. The number of hydrogen-bond acceptors (Lipinski definition) is 4. The number of halogens is 1. The number of urea groups is 1. The molecule has 2 unspecified atom stereocenters. The summed E-state index contributed by atoms with van der Waals surface area (Å²) in [4.78, 5) is 38.5. The van der Waals surface area contributed by atoms with Gasteiger partial charge >= 0.3 is 6.03 Å². The number of hydrogen-bond donors (Lipinski definition) is 2. The van der Waals surface area contributed by atoms with Crippen LogP contribution in [-0.4, -0.2) is 41.9 Å². The Morgan fingerprint density at radius 3 is 2.85 bits per heavy atom. The van der Waals surface area contributed by atoms with Crippen molar-refractivity contribution in [2.24, 2.45) is 5.92 Å². The molecule has 2 fully saturated rings. The van der Waals surface area contributed by atoms with Crippen molar-refractivity contribution in [3.8, 4) is 5.75 Å². The number of carbonyl (C=O) groups excluding carboxylic acids is 3. The Bertz CT molecular complexity index is 754. The third kappa shape index (κ3) is 3.23. The van der Waals surface area contributed by atoms with Crippen LogP contribution in [0.5, 0.6) is 5.75 Å². The van der Waals surface area contributed by atoms with E-state index in [2.05, 4.69) is 10.6 Å². The Morgan fingerprint density at radius 2 is 2.19 bits per heavy atom. The molecular weight excluding hydrogens is 358 g/mol. The summed E-state index contributed by atoms with van der Waals surface area (Å²) >= 11 is 6.04. The highest BCUT2D eigenvalue weighted by molar-refractivity contribution is 6.32. The predicted octanol–water partition coefficient (Wildman–Crippen LogP) is 2.79. The van der Waals surface area contributed by atoms with E-state index in [1.165, 1.54) is 7.11 Å². The van der Waals surface area contributed by atoms with Crippen molar-refractivity contribution in [2.75, 3.05) is 19.0 Å². The van der Waals surface area contributed by atoms with Gasteiger partial charge in [-0.25, -0.2) is 4.79 Å². The van der Waals surface area contributed by atoms with Crippen molar-refractivity contribution < 1.29 is 19.1 Å². The number of rotatable bonds is 4. The second kappa shape index (κ2) is 7.15. The molecule has 1 saturated carbocycles. The van der Waals surface area contributed by atoms with E-state index >= 15 is 0 Å². The first kappa shape index (κ1) is 18.5. The van der Waals surface area contributed by atoms with Crippen LogP contribution in [0.3, 0.4) is 0 Å². The quantitative estimate of drug-likeness (QED) is 0.787. The summed E-state index contributed by atoms with van der Waals surface area (Å²) in [5.74, 6) is -0.221. The number of ether oxygens (including phenoxy) is 1. The Balaban J connectivity index is 1.68. The molecule has 1 spiro atoms. The SMILES string of the molecule is COc1ccc(NC(=O)CN2C(=O)NC3(CCCCC3C)C2=O)cc1Cl. The van der Waals surface area contributed by atoms with Gasteiger partial charge < -0.3 is 15.4 Å². The molecule has 4 amide bonds. The van der Waals surface area contributed by atoms with Gasteiger partial charge in [0.25, 0.3) is 5.91 Å². The number of anilines is 1. The minimum absolute atomic E-state index is 0.0566. The van der Waals surface area contributed by atoms with Crippen LogP contribution < -0.4 is 15.4 Å². The van der Waals surface area contributed by atoms with Crippen molar-refractivity contribution in [1.82, 2.24) is 10.2 Å². The van der Waals surface area contributed by atoms with E-state index in [1.54, 1.807) is 18.2 Å². The molecule has 1 aliphatic carbocycles. The zero-order valence-electron chi connectivity index (χ0n) is 14.8. The lowest BCUT2D eigenvalue weighted by molar-refractivity contribution is -0.136. The molecule has 1 saturated heterocycles. The van der Waals surface area contributed by atoms with Crippen LogP contribution in [0.4, 0.5) is 10.5 Å². The molecule has 0 bridgehead atoms. The van der Waals surface area contributed by atoms with Gasteiger partial charge in [0.15, 0.2) is 0 Å². The van der Waals surface area contributed by atoms with E-state index in [-0.39, 0.29) is 18.4 Å². The number of nitrogens with one attached hydrogen (secondary N) is 2. The summed E-state index contributed by atoms with van der Waals surface area (Å²) in [7, 11) is 1.50. The van der Waals surface area contributed by atoms with E-state index in [0.29, 0.717) is 22.9 Å². The van der Waals surface area contributed by atoms with Gasteiger partial charge in [-0.05, 0) is 37.0 Å². The van der Waals surface area contributed by atoms with E-state index < -0.39 is 17.5 Å². The summed E-state index contributed by atoms with van der Waals surface area (Å²) in [6, 6.07) is 4.31. The summed E-state index contributed by atoms with van der Waals surface area (Å²) in [5.41, 5.74) is -0.396. The van der Waals surface area contributed by atoms with Gasteiger partial charge in [0.2, 0.25) is 5.91 Å². The second-order valence-electron chi connectivity index (χ2n) is 6.84. The fourth-order valence-electron chi connectivity index (χ4n) is 3.73. The van der Waals surface area contributed by atoms with Crippen molar-refractivity contribution >= 4 is 35.1 Å². The number of benzene rings is 1. The van der Waals surface area contributed by atoms with Crippen LogP contribution in [0, 0.1) is 5.92 Å². The zero-order valence-corrected chi connectivity index (χ0v) is 15.6. The average molecular weight is 380 g/mol. The maximum Gasteiger partial charge on any atom is 0.325 e. The Hall–Kier alpha value is -2.28. The highest BCUT2D eigenvalue weighted by Crippen LogP contribution is 2.38. The molecular formula is C18H22ClN3O4. The maximum atomic E-state index is 12.9. The first-order chi connectivity index (χ1) is 12.4. The smallest absolute Gasteiger partial charge is 0.325 e. The standard InChI is InChI=1S/C18H22ClN3O4/c1-11-5-3-4-8-18(11)16(24)22(17(25)21-18)10-15(23)20-12-6-7-14(26-2)13(19)9-12/h6-7,9,11H,3-5,8,10H2,1-2H3,(H,20,23)(H,21,25). The highest BCUT2D eigenvalue weighted by Gasteiger charge is 2.55. The van der Waals surface area contributed by atoms with Crippen LogP contribution in [0.2, 0.25) is 5.02 Å². The van der Waals surface area contributed by atoms with Gasteiger partial charge in [0.05, 0.1) is 12.1 Å². The fourth-order valence-corrected chi connectivity index (χ4v) is 3.98. The summed E-state index contributed by atoms with van der Waals surface area (Å²) in [6.45, 7) is 1.64. The van der Waals surface area contributed by atoms with Crippen molar-refractivity contribution in [3.05, 3.63) is 23.2 Å². The first-order valence-corrected chi connectivity index (χ1v) is 9.02. The number of methoxy groups -OCH3 is 1. The molecule has 1 aromatic carbocycles. The van der Waals surface area contributed by atoms with E-state index in [0.717, 1.165) is 24.2 Å². The third-order valence-corrected chi connectivity index (χ3v) is 5.53. The number of amides is 4. The maximum absolute atomic E-state index is 12.9. The van der Waals surface area contributed by atoms with E-state index in [1.807, 2.05) is 6.92 Å². The predicted molar refractivity (Wildman–Crippen MR) is 97.2 cm³/mol. The molecule has 8 heteroatoms. The van der Waals surface area contributed by atoms with E-state index in [9.17, 15) is 14.4 Å². The summed E-state index contributed by atoms with van der Waals surface area (Å²) in [6.07, 6.45) is 3.44. The van der Waals surface area contributed by atoms with Crippen LogP contribution in [0.25, 0.3) is 0 Å². The lowest BCUT2D eigenvalue weighted by atomic mass is 9.73. The Morgan fingerprint density at radius 1 is 1.42 bits per heavy atom. The zero-order chi connectivity index (χ0) is 18.9. The molecule has 26 heavy (non-hydrogen) atoms. The summed E-state index contributed by atoms with van der Waals surface area (Å²) < 4.78 is 5.06. The van der Waals surface area contributed by atoms with Crippen molar-refractivity contribution in [1.29, 1.82) is 0 Å². The second-order valence-corrected chi connectivity index (χ2v) is 7.24. The normalized spacial score (nSPS) is 25.3. The van der Waals surface area contributed by atoms with Gasteiger partial charge in [-0.1, -0.05) is 31.4 Å². The molecule has 2 N–H and O–H groups in total. The molecule has 2 aliphatic rings. The molecule has 3 rings (SSSR count). The largest absolute Gasteiger partial charge is 0.495 e. The molecule has 2 atom stereocenters. The fraction of sp³-hybridized carbons (Fsp3) is 0.500. The van der Waals surface area contributed by atoms with Gasteiger partial charge in [0, 0.05) is 5.69 Å². The van der Waals surface area contributed by atoms with Crippen molar-refractivity contribution in [3.63, 3.8) is 0 Å². The molecule has 0 radical (unpaired) electrons. The van der Waals surface area contributed by atoms with Gasteiger partial charge in [-0.3, -0.25) is 14.5 Å². The minimum atomic E-state index is -0.862. The van der Waals surface area contributed by atoms with Crippen LogP contribution in [0.1, 0.15) is 32.6 Å². The Kier molecular flexibility index (Phi) is 5.09. The van der Waals surface area contributed by atoms with Crippen LogP contribution in [-0.2, 0) is 9.59 Å². The number of carbonyl (C=O) groups is 3. The van der Waals surface area contributed by atoms with Crippen LogP contribution in [0.15, 0.2) is 18.2 Å². The monoisotopic (exact) mass is 379 g/mol. The molecule has 7 nitrogen and oxygen atoms in total. The molecule has 140 valence electrons. The van der Waals surface area contributed by atoms with Crippen LogP contribution >= 0.6 is 11.6 Å².